The third-order valence-corrected chi connectivity index (χ3v) is 4.96. The second-order valence-electron chi connectivity index (χ2n) is 8.20. The number of benzene rings is 2. The standard InChI is InChI=1S/C24H27N5O3/c1-17(21(30)28-32)14-24(2,3)27-22(31)18-15-25-23(26-16-18)29(19-10-6-4-7-11-19)20-12-8-5-9-13-20/h4-13,15-17,32H,14H2,1-3H3,(H,27,31)(H,28,30). The molecular weight excluding hydrogens is 406 g/mol. The van der Waals surface area contributed by atoms with Gasteiger partial charge in [0.1, 0.15) is 0 Å². The number of aromatic nitrogens is 2. The molecule has 1 aromatic heterocycles. The summed E-state index contributed by atoms with van der Waals surface area (Å²) in [5.74, 6) is -0.878. The first-order valence-corrected chi connectivity index (χ1v) is 10.3. The Hall–Kier alpha value is -3.78. The summed E-state index contributed by atoms with van der Waals surface area (Å²) < 4.78 is 0. The second-order valence-corrected chi connectivity index (χ2v) is 8.20. The van der Waals surface area contributed by atoms with E-state index in [9.17, 15) is 9.59 Å². The van der Waals surface area contributed by atoms with Gasteiger partial charge in [0.2, 0.25) is 11.9 Å². The number of hydrogen-bond acceptors (Lipinski definition) is 6. The van der Waals surface area contributed by atoms with Crippen molar-refractivity contribution in [2.24, 2.45) is 5.92 Å². The average Bonchev–Trinajstić information content (AvgIpc) is 2.80. The molecule has 166 valence electrons. The highest BCUT2D eigenvalue weighted by Gasteiger charge is 2.27. The van der Waals surface area contributed by atoms with Gasteiger partial charge in [0.15, 0.2) is 0 Å². The Morgan fingerprint density at radius 2 is 1.47 bits per heavy atom. The number of hydrogen-bond donors (Lipinski definition) is 3. The van der Waals surface area contributed by atoms with Crippen LogP contribution in [0.15, 0.2) is 73.1 Å². The summed E-state index contributed by atoms with van der Waals surface area (Å²) in [6.45, 7) is 5.31. The van der Waals surface area contributed by atoms with Crippen molar-refractivity contribution in [3.8, 4) is 0 Å². The molecule has 0 saturated heterocycles. The second kappa shape index (κ2) is 10.0. The molecule has 0 fully saturated rings. The molecule has 8 nitrogen and oxygen atoms in total. The van der Waals surface area contributed by atoms with E-state index in [-0.39, 0.29) is 5.91 Å². The van der Waals surface area contributed by atoms with Crippen molar-refractivity contribution in [2.45, 2.75) is 32.7 Å². The maximum atomic E-state index is 12.7. The zero-order chi connectivity index (χ0) is 23.1. The highest BCUT2D eigenvalue weighted by Crippen LogP contribution is 2.31. The molecular formula is C24H27N5O3. The van der Waals surface area contributed by atoms with Crippen LogP contribution in [-0.2, 0) is 4.79 Å². The van der Waals surface area contributed by atoms with Crippen LogP contribution in [0.4, 0.5) is 17.3 Å². The van der Waals surface area contributed by atoms with Crippen molar-refractivity contribution >= 4 is 29.1 Å². The molecule has 3 rings (SSSR count). The molecule has 3 N–H and O–H groups in total. The van der Waals surface area contributed by atoms with Crippen molar-refractivity contribution in [2.75, 3.05) is 4.90 Å². The van der Waals surface area contributed by atoms with Crippen LogP contribution in [0, 0.1) is 5.92 Å². The van der Waals surface area contributed by atoms with Crippen LogP contribution in [-0.4, -0.2) is 32.5 Å². The first-order chi connectivity index (χ1) is 15.3. The molecule has 0 bridgehead atoms. The summed E-state index contributed by atoms with van der Waals surface area (Å²) in [7, 11) is 0. The van der Waals surface area contributed by atoms with E-state index in [2.05, 4.69) is 15.3 Å². The van der Waals surface area contributed by atoms with Crippen molar-refractivity contribution in [3.05, 3.63) is 78.6 Å². The molecule has 1 atom stereocenters. The summed E-state index contributed by atoms with van der Waals surface area (Å²) in [5.41, 5.74) is 3.06. The quantitative estimate of drug-likeness (QED) is 0.366. The van der Waals surface area contributed by atoms with Crippen LogP contribution >= 0.6 is 0 Å². The molecule has 0 radical (unpaired) electrons. The maximum Gasteiger partial charge on any atom is 0.254 e. The molecule has 1 heterocycles. The van der Waals surface area contributed by atoms with Crippen molar-refractivity contribution in [1.29, 1.82) is 0 Å². The van der Waals surface area contributed by atoms with E-state index >= 15 is 0 Å². The average molecular weight is 434 g/mol. The Bertz CT molecular complexity index is 1000. The number of amides is 2. The molecule has 3 aromatic rings. The van der Waals surface area contributed by atoms with Gasteiger partial charge in [0.05, 0.1) is 5.56 Å². The molecule has 0 aliphatic heterocycles. The topological polar surface area (TPSA) is 107 Å². The van der Waals surface area contributed by atoms with Crippen LogP contribution in [0.25, 0.3) is 0 Å². The summed E-state index contributed by atoms with van der Waals surface area (Å²) in [5, 5.41) is 11.7. The smallest absolute Gasteiger partial charge is 0.254 e. The van der Waals surface area contributed by atoms with Gasteiger partial charge in [-0.25, -0.2) is 15.4 Å². The van der Waals surface area contributed by atoms with Gasteiger partial charge < -0.3 is 5.32 Å². The van der Waals surface area contributed by atoms with Crippen LogP contribution in [0.2, 0.25) is 0 Å². The van der Waals surface area contributed by atoms with Gasteiger partial charge in [0, 0.05) is 35.2 Å². The van der Waals surface area contributed by atoms with E-state index in [1.54, 1.807) is 12.4 Å². The number of rotatable bonds is 8. The Morgan fingerprint density at radius 3 is 1.94 bits per heavy atom. The van der Waals surface area contributed by atoms with Crippen LogP contribution in [0.1, 0.15) is 37.6 Å². The predicted molar refractivity (Wildman–Crippen MR) is 122 cm³/mol. The summed E-state index contributed by atoms with van der Waals surface area (Å²) in [4.78, 5) is 35.1. The molecule has 0 aliphatic rings. The highest BCUT2D eigenvalue weighted by atomic mass is 16.5. The van der Waals surface area contributed by atoms with Crippen LogP contribution < -0.4 is 15.7 Å². The number of carbonyl (C=O) groups is 2. The third kappa shape index (κ3) is 5.67. The number of hydroxylamine groups is 1. The normalized spacial score (nSPS) is 12.0. The monoisotopic (exact) mass is 433 g/mol. The van der Waals surface area contributed by atoms with Gasteiger partial charge in [-0.1, -0.05) is 43.3 Å². The molecule has 32 heavy (non-hydrogen) atoms. The Morgan fingerprint density at radius 1 is 0.969 bits per heavy atom. The summed E-state index contributed by atoms with van der Waals surface area (Å²) >= 11 is 0. The minimum atomic E-state index is -0.679. The summed E-state index contributed by atoms with van der Waals surface area (Å²) in [6, 6.07) is 19.5. The molecule has 2 aromatic carbocycles. The Balaban J connectivity index is 1.79. The number of carbonyl (C=O) groups excluding carboxylic acids is 2. The fourth-order valence-electron chi connectivity index (χ4n) is 3.49. The first kappa shape index (κ1) is 22.9. The third-order valence-electron chi connectivity index (χ3n) is 4.96. The van der Waals surface area contributed by atoms with Gasteiger partial charge >= 0.3 is 0 Å². The molecule has 0 aliphatic carbocycles. The fourth-order valence-corrected chi connectivity index (χ4v) is 3.49. The van der Waals surface area contributed by atoms with Crippen LogP contribution in [0.3, 0.4) is 0 Å². The van der Waals surface area contributed by atoms with Crippen LogP contribution in [0.5, 0.6) is 0 Å². The van der Waals surface area contributed by atoms with Crippen molar-refractivity contribution in [3.63, 3.8) is 0 Å². The predicted octanol–water partition coefficient (Wildman–Crippen LogP) is 3.99. The number of nitrogens with one attached hydrogen (secondary N) is 2. The number of para-hydroxylation sites is 2. The van der Waals surface area contributed by atoms with E-state index in [4.69, 9.17) is 5.21 Å². The van der Waals surface area contributed by atoms with Gasteiger partial charge in [0.25, 0.3) is 5.91 Å². The Labute approximate surface area is 187 Å². The largest absolute Gasteiger partial charge is 0.347 e. The fraction of sp³-hybridized carbons (Fsp3) is 0.250. The van der Waals surface area contributed by atoms with E-state index in [0.717, 1.165) is 11.4 Å². The highest BCUT2D eigenvalue weighted by molar-refractivity contribution is 5.94. The lowest BCUT2D eigenvalue weighted by Gasteiger charge is -2.28. The zero-order valence-corrected chi connectivity index (χ0v) is 18.3. The SMILES string of the molecule is CC(CC(C)(C)NC(=O)c1cnc(N(c2ccccc2)c2ccccc2)nc1)C(=O)NO. The minimum Gasteiger partial charge on any atom is -0.347 e. The lowest BCUT2D eigenvalue weighted by Crippen LogP contribution is -2.46. The minimum absolute atomic E-state index is 0.308. The van der Waals surface area contributed by atoms with E-state index < -0.39 is 17.4 Å². The Kier molecular flexibility index (Phi) is 7.17. The zero-order valence-electron chi connectivity index (χ0n) is 18.3. The van der Waals surface area contributed by atoms with E-state index in [0.29, 0.717) is 17.9 Å². The van der Waals surface area contributed by atoms with Crippen molar-refractivity contribution < 1.29 is 14.8 Å². The molecule has 0 spiro atoms. The van der Waals surface area contributed by atoms with Gasteiger partial charge in [-0.15, -0.1) is 0 Å². The lowest BCUT2D eigenvalue weighted by atomic mass is 9.91. The number of anilines is 3. The van der Waals surface area contributed by atoms with E-state index in [1.165, 1.54) is 12.4 Å². The van der Waals surface area contributed by atoms with Gasteiger partial charge in [-0.05, 0) is 44.5 Å². The molecule has 1 unspecified atom stereocenters. The summed E-state index contributed by atoms with van der Waals surface area (Å²) in [6.07, 6.45) is 3.31. The van der Waals surface area contributed by atoms with E-state index in [1.807, 2.05) is 79.4 Å². The molecule has 8 heteroatoms. The molecule has 2 amide bonds. The maximum absolute atomic E-state index is 12.7. The first-order valence-electron chi connectivity index (χ1n) is 10.3. The lowest BCUT2D eigenvalue weighted by molar-refractivity contribution is -0.133. The number of nitrogens with zero attached hydrogens (tertiary/aromatic N) is 3. The van der Waals surface area contributed by atoms with Gasteiger partial charge in [-0.3, -0.25) is 19.7 Å². The molecule has 0 saturated carbocycles. The van der Waals surface area contributed by atoms with Crippen molar-refractivity contribution in [1.82, 2.24) is 20.8 Å². The van der Waals surface area contributed by atoms with Gasteiger partial charge in [-0.2, -0.15) is 0 Å².